The van der Waals surface area contributed by atoms with Gasteiger partial charge in [0, 0.05) is 19.6 Å². The van der Waals surface area contributed by atoms with Gasteiger partial charge in [-0.05, 0) is 44.9 Å². The molecule has 0 spiro atoms. The van der Waals surface area contributed by atoms with Crippen molar-refractivity contribution in [3.05, 3.63) is 22.8 Å². The zero-order valence-corrected chi connectivity index (χ0v) is 12.0. The number of pyridine rings is 1. The quantitative estimate of drug-likeness (QED) is 0.856. The van der Waals surface area contributed by atoms with Gasteiger partial charge in [0.25, 0.3) is 0 Å². The topological polar surface area (TPSA) is 28.2 Å². The van der Waals surface area contributed by atoms with Crippen LogP contribution in [0.15, 0.2) is 12.1 Å². The van der Waals surface area contributed by atoms with Crippen LogP contribution in [0.25, 0.3) is 0 Å². The van der Waals surface area contributed by atoms with Crippen LogP contribution in [0.5, 0.6) is 0 Å². The second-order valence-corrected chi connectivity index (χ2v) is 5.56. The molecule has 0 aliphatic heterocycles. The minimum Gasteiger partial charge on any atom is -0.370 e. The standard InChI is InChI=1S/C14H22ClN3/c1-3-16-14-8-7-12(15)13(17-14)10-18(2)9-11-5-4-6-11/h7-8,11H,3-6,9-10H2,1-2H3,(H,16,17). The van der Waals surface area contributed by atoms with Gasteiger partial charge in [0.15, 0.2) is 0 Å². The lowest BCUT2D eigenvalue weighted by Gasteiger charge is -2.30. The summed E-state index contributed by atoms with van der Waals surface area (Å²) in [4.78, 5) is 6.90. The summed E-state index contributed by atoms with van der Waals surface area (Å²) >= 11 is 6.21. The molecular formula is C14H22ClN3. The van der Waals surface area contributed by atoms with E-state index in [9.17, 15) is 0 Å². The van der Waals surface area contributed by atoms with Gasteiger partial charge in [0.2, 0.25) is 0 Å². The van der Waals surface area contributed by atoms with Crippen LogP contribution < -0.4 is 5.32 Å². The molecule has 3 nitrogen and oxygen atoms in total. The van der Waals surface area contributed by atoms with Crippen molar-refractivity contribution in [2.45, 2.75) is 32.7 Å². The molecule has 0 aromatic carbocycles. The van der Waals surface area contributed by atoms with E-state index in [0.29, 0.717) is 0 Å². The summed E-state index contributed by atoms with van der Waals surface area (Å²) in [6, 6.07) is 3.86. The number of aromatic nitrogens is 1. The molecule has 0 radical (unpaired) electrons. The Morgan fingerprint density at radius 1 is 1.44 bits per heavy atom. The normalized spacial score (nSPS) is 15.8. The maximum Gasteiger partial charge on any atom is 0.126 e. The van der Waals surface area contributed by atoms with Crippen molar-refractivity contribution in [2.24, 2.45) is 5.92 Å². The number of hydrogen-bond donors (Lipinski definition) is 1. The lowest BCUT2D eigenvalue weighted by atomic mass is 9.85. The van der Waals surface area contributed by atoms with Crippen molar-refractivity contribution in [1.82, 2.24) is 9.88 Å². The second kappa shape index (κ2) is 6.39. The molecule has 1 aliphatic rings. The first-order chi connectivity index (χ1) is 8.69. The third-order valence-electron chi connectivity index (χ3n) is 3.49. The molecule has 100 valence electrons. The van der Waals surface area contributed by atoms with Crippen LogP contribution in [-0.2, 0) is 6.54 Å². The first-order valence-electron chi connectivity index (χ1n) is 6.77. The molecule has 0 atom stereocenters. The van der Waals surface area contributed by atoms with Crippen molar-refractivity contribution in [2.75, 3.05) is 25.5 Å². The van der Waals surface area contributed by atoms with E-state index < -0.39 is 0 Å². The highest BCUT2D eigenvalue weighted by Gasteiger charge is 2.19. The number of halogens is 1. The molecule has 1 heterocycles. The molecular weight excluding hydrogens is 246 g/mol. The highest BCUT2D eigenvalue weighted by molar-refractivity contribution is 6.31. The van der Waals surface area contributed by atoms with Gasteiger partial charge in [0.05, 0.1) is 10.7 Å². The minimum absolute atomic E-state index is 0.761. The Kier molecular flexibility index (Phi) is 4.84. The van der Waals surface area contributed by atoms with Crippen molar-refractivity contribution < 1.29 is 0 Å². The molecule has 1 aromatic heterocycles. The van der Waals surface area contributed by atoms with E-state index in [1.807, 2.05) is 12.1 Å². The van der Waals surface area contributed by atoms with Crippen molar-refractivity contribution >= 4 is 17.4 Å². The molecule has 18 heavy (non-hydrogen) atoms. The molecule has 0 unspecified atom stereocenters. The fraction of sp³-hybridized carbons (Fsp3) is 0.643. The third-order valence-corrected chi connectivity index (χ3v) is 3.83. The second-order valence-electron chi connectivity index (χ2n) is 5.15. The fourth-order valence-corrected chi connectivity index (χ4v) is 2.48. The Morgan fingerprint density at radius 3 is 2.83 bits per heavy atom. The zero-order chi connectivity index (χ0) is 13.0. The van der Waals surface area contributed by atoms with E-state index in [2.05, 4.69) is 29.2 Å². The highest BCUT2D eigenvalue weighted by atomic mass is 35.5. The molecule has 1 aromatic rings. The molecule has 0 saturated heterocycles. The van der Waals surface area contributed by atoms with Gasteiger partial charge in [-0.15, -0.1) is 0 Å². The summed E-state index contributed by atoms with van der Waals surface area (Å²) in [6.45, 7) is 4.93. The number of hydrogen-bond acceptors (Lipinski definition) is 3. The Balaban J connectivity index is 1.95. The molecule has 1 N–H and O–H groups in total. The fourth-order valence-electron chi connectivity index (χ4n) is 2.31. The van der Waals surface area contributed by atoms with Gasteiger partial charge >= 0.3 is 0 Å². The number of rotatable bonds is 6. The highest BCUT2D eigenvalue weighted by Crippen LogP contribution is 2.27. The molecule has 2 rings (SSSR count). The first kappa shape index (κ1) is 13.6. The van der Waals surface area contributed by atoms with Gasteiger partial charge in [-0.2, -0.15) is 0 Å². The van der Waals surface area contributed by atoms with E-state index in [1.165, 1.54) is 19.3 Å². The van der Waals surface area contributed by atoms with Gasteiger partial charge in [-0.3, -0.25) is 0 Å². The number of anilines is 1. The summed E-state index contributed by atoms with van der Waals surface area (Å²) in [5.41, 5.74) is 0.969. The van der Waals surface area contributed by atoms with Crippen molar-refractivity contribution in [3.8, 4) is 0 Å². The maximum atomic E-state index is 6.21. The lowest BCUT2D eigenvalue weighted by molar-refractivity contribution is 0.199. The van der Waals surface area contributed by atoms with Crippen LogP contribution in [0.4, 0.5) is 5.82 Å². The minimum atomic E-state index is 0.761. The molecule has 1 aliphatic carbocycles. The van der Waals surface area contributed by atoms with Crippen LogP contribution in [0.3, 0.4) is 0 Å². The molecule has 0 bridgehead atoms. The third kappa shape index (κ3) is 3.59. The Hall–Kier alpha value is -0.800. The van der Waals surface area contributed by atoms with Crippen LogP contribution >= 0.6 is 11.6 Å². The monoisotopic (exact) mass is 267 g/mol. The number of nitrogens with zero attached hydrogens (tertiary/aromatic N) is 2. The maximum absolute atomic E-state index is 6.21. The Bertz CT molecular complexity index is 391. The largest absolute Gasteiger partial charge is 0.370 e. The predicted molar refractivity (Wildman–Crippen MR) is 77.1 cm³/mol. The summed E-state index contributed by atoms with van der Waals surface area (Å²) in [7, 11) is 2.15. The molecule has 1 saturated carbocycles. The van der Waals surface area contributed by atoms with E-state index >= 15 is 0 Å². The van der Waals surface area contributed by atoms with Gasteiger partial charge in [-0.1, -0.05) is 18.0 Å². The molecule has 4 heteroatoms. The van der Waals surface area contributed by atoms with E-state index in [0.717, 1.165) is 42.1 Å². The molecule has 1 fully saturated rings. The summed E-state index contributed by atoms with van der Waals surface area (Å²) in [6.07, 6.45) is 4.15. The van der Waals surface area contributed by atoms with Gasteiger partial charge in [0.1, 0.15) is 5.82 Å². The first-order valence-corrected chi connectivity index (χ1v) is 7.14. The van der Waals surface area contributed by atoms with Gasteiger partial charge < -0.3 is 10.2 Å². The number of nitrogens with one attached hydrogen (secondary N) is 1. The molecule has 0 amide bonds. The lowest BCUT2D eigenvalue weighted by Crippen LogP contribution is -2.29. The van der Waals surface area contributed by atoms with Crippen molar-refractivity contribution in [3.63, 3.8) is 0 Å². The predicted octanol–water partition coefficient (Wildman–Crippen LogP) is 3.40. The average molecular weight is 268 g/mol. The Labute approximate surface area is 115 Å². The smallest absolute Gasteiger partial charge is 0.126 e. The van der Waals surface area contributed by atoms with E-state index in [1.54, 1.807) is 0 Å². The summed E-state index contributed by atoms with van der Waals surface area (Å²) < 4.78 is 0. The van der Waals surface area contributed by atoms with Crippen LogP contribution in [0, 0.1) is 5.92 Å². The SMILES string of the molecule is CCNc1ccc(Cl)c(CN(C)CC2CCC2)n1. The average Bonchev–Trinajstić information content (AvgIpc) is 2.29. The van der Waals surface area contributed by atoms with E-state index in [4.69, 9.17) is 11.6 Å². The van der Waals surface area contributed by atoms with Gasteiger partial charge in [-0.25, -0.2) is 4.98 Å². The van der Waals surface area contributed by atoms with Crippen LogP contribution in [0.2, 0.25) is 5.02 Å². The van der Waals surface area contributed by atoms with Crippen molar-refractivity contribution in [1.29, 1.82) is 0 Å². The zero-order valence-electron chi connectivity index (χ0n) is 11.2. The van der Waals surface area contributed by atoms with Crippen LogP contribution in [0.1, 0.15) is 31.9 Å². The van der Waals surface area contributed by atoms with E-state index in [-0.39, 0.29) is 0 Å². The summed E-state index contributed by atoms with van der Waals surface area (Å²) in [5.74, 6) is 1.79. The summed E-state index contributed by atoms with van der Waals surface area (Å²) in [5, 5.41) is 3.98. The Morgan fingerprint density at radius 2 is 2.22 bits per heavy atom. The van der Waals surface area contributed by atoms with Crippen LogP contribution in [-0.4, -0.2) is 30.0 Å².